The van der Waals surface area contributed by atoms with E-state index in [4.69, 9.17) is 9.84 Å². The third-order valence-electron chi connectivity index (χ3n) is 4.14. The van der Waals surface area contributed by atoms with Gasteiger partial charge in [-0.3, -0.25) is 4.79 Å². The van der Waals surface area contributed by atoms with Crippen LogP contribution in [0.5, 0.6) is 5.75 Å². The molecule has 0 unspecified atom stereocenters. The Balaban J connectivity index is 1.95. The molecule has 1 aliphatic rings. The molecule has 1 aromatic rings. The van der Waals surface area contributed by atoms with E-state index in [2.05, 4.69) is 0 Å². The number of benzene rings is 1. The number of nitrogens with zero attached hydrogens (tertiary/aromatic N) is 1. The molecule has 0 bridgehead atoms. The number of likely N-dealkylation sites (tertiary alicyclic amines) is 1. The van der Waals surface area contributed by atoms with Crippen molar-refractivity contribution < 1.29 is 19.4 Å². The Labute approximate surface area is 130 Å². The molecule has 120 valence electrons. The van der Waals surface area contributed by atoms with Gasteiger partial charge in [0.05, 0.1) is 7.11 Å². The van der Waals surface area contributed by atoms with Crippen LogP contribution < -0.4 is 4.74 Å². The molecule has 1 N–H and O–H groups in total. The summed E-state index contributed by atoms with van der Waals surface area (Å²) >= 11 is 0. The minimum Gasteiger partial charge on any atom is -0.496 e. The van der Waals surface area contributed by atoms with Gasteiger partial charge in [0.1, 0.15) is 11.8 Å². The summed E-state index contributed by atoms with van der Waals surface area (Å²) in [5.41, 5.74) is 1.07. The van der Waals surface area contributed by atoms with Crippen molar-refractivity contribution in [2.24, 2.45) is 5.92 Å². The van der Waals surface area contributed by atoms with Crippen LogP contribution >= 0.6 is 0 Å². The Hall–Kier alpha value is -2.04. The molecule has 0 radical (unpaired) electrons. The maximum absolute atomic E-state index is 12.3. The molecule has 1 aliphatic heterocycles. The van der Waals surface area contributed by atoms with Crippen molar-refractivity contribution in [3.05, 3.63) is 29.8 Å². The molecule has 2 atom stereocenters. The molecule has 1 heterocycles. The number of rotatable bonds is 6. The molecule has 2 rings (SSSR count). The third-order valence-corrected chi connectivity index (χ3v) is 4.14. The summed E-state index contributed by atoms with van der Waals surface area (Å²) in [5, 5.41) is 9.16. The van der Waals surface area contributed by atoms with Gasteiger partial charge in [0.2, 0.25) is 5.91 Å². The van der Waals surface area contributed by atoms with E-state index in [-0.39, 0.29) is 11.8 Å². The van der Waals surface area contributed by atoms with Crippen molar-refractivity contribution in [2.45, 2.75) is 38.6 Å². The topological polar surface area (TPSA) is 66.8 Å². The van der Waals surface area contributed by atoms with Gasteiger partial charge in [0, 0.05) is 13.0 Å². The lowest BCUT2D eigenvalue weighted by Gasteiger charge is -2.23. The summed E-state index contributed by atoms with van der Waals surface area (Å²) in [6, 6.07) is 7.12. The first-order chi connectivity index (χ1) is 10.5. The number of carboxylic acids is 1. The first-order valence-corrected chi connectivity index (χ1v) is 7.67. The first-order valence-electron chi connectivity index (χ1n) is 7.67. The van der Waals surface area contributed by atoms with Gasteiger partial charge in [-0.25, -0.2) is 4.79 Å². The number of hydrogen-bond acceptors (Lipinski definition) is 3. The van der Waals surface area contributed by atoms with E-state index in [0.717, 1.165) is 24.2 Å². The third kappa shape index (κ3) is 3.78. The number of carboxylic acid groups (broad SMARTS) is 1. The highest BCUT2D eigenvalue weighted by Crippen LogP contribution is 2.24. The number of hydrogen-bond donors (Lipinski definition) is 1. The molecule has 22 heavy (non-hydrogen) atoms. The van der Waals surface area contributed by atoms with Crippen LogP contribution in [-0.4, -0.2) is 41.6 Å². The number of aliphatic carboxylic acids is 1. The quantitative estimate of drug-likeness (QED) is 0.876. The van der Waals surface area contributed by atoms with E-state index < -0.39 is 12.0 Å². The van der Waals surface area contributed by atoms with E-state index in [9.17, 15) is 9.59 Å². The highest BCUT2D eigenvalue weighted by molar-refractivity contribution is 5.84. The van der Waals surface area contributed by atoms with Crippen molar-refractivity contribution in [1.29, 1.82) is 0 Å². The number of methoxy groups -OCH3 is 1. The summed E-state index contributed by atoms with van der Waals surface area (Å²) in [7, 11) is 1.64. The Morgan fingerprint density at radius 3 is 2.82 bits per heavy atom. The molecule has 1 aromatic carbocycles. The fraction of sp³-hybridized carbons (Fsp3) is 0.529. The fourth-order valence-electron chi connectivity index (χ4n) is 3.06. The Bertz CT molecular complexity index is 543. The van der Waals surface area contributed by atoms with Gasteiger partial charge in [-0.15, -0.1) is 0 Å². The number of carbonyl (C=O) groups is 2. The standard InChI is InChI=1S/C17H23NO4/c1-12(10-13-6-3-4-8-15(13)22-2)11-16(19)18-9-5-7-14(18)17(20)21/h3-4,6,8,12,14H,5,7,9-11H2,1-2H3,(H,20,21)/t12-,14+/m1/s1. The molecule has 0 spiro atoms. The zero-order valence-electron chi connectivity index (χ0n) is 13.1. The fourth-order valence-corrected chi connectivity index (χ4v) is 3.06. The maximum atomic E-state index is 12.3. The molecule has 1 saturated heterocycles. The molecule has 0 aromatic heterocycles. The highest BCUT2D eigenvalue weighted by Gasteiger charge is 2.34. The lowest BCUT2D eigenvalue weighted by atomic mass is 9.96. The van der Waals surface area contributed by atoms with Crippen molar-refractivity contribution in [3.8, 4) is 5.75 Å². The van der Waals surface area contributed by atoms with Crippen molar-refractivity contribution in [1.82, 2.24) is 4.90 Å². The molecular formula is C17H23NO4. The normalized spacial score (nSPS) is 19.0. The van der Waals surface area contributed by atoms with Crippen LogP contribution in [0.4, 0.5) is 0 Å². The maximum Gasteiger partial charge on any atom is 0.326 e. The Morgan fingerprint density at radius 1 is 1.41 bits per heavy atom. The van der Waals surface area contributed by atoms with E-state index in [1.807, 2.05) is 31.2 Å². The summed E-state index contributed by atoms with van der Waals surface area (Å²) in [6.45, 7) is 2.56. The van der Waals surface area contributed by atoms with Gasteiger partial charge in [-0.05, 0) is 36.8 Å². The average Bonchev–Trinajstić information content (AvgIpc) is 2.97. The lowest BCUT2D eigenvalue weighted by molar-refractivity contribution is -0.148. The van der Waals surface area contributed by atoms with Crippen LogP contribution in [0.2, 0.25) is 0 Å². The van der Waals surface area contributed by atoms with Crippen LogP contribution in [-0.2, 0) is 16.0 Å². The van der Waals surface area contributed by atoms with Gasteiger partial charge in [0.25, 0.3) is 0 Å². The average molecular weight is 305 g/mol. The molecule has 1 fully saturated rings. The smallest absolute Gasteiger partial charge is 0.326 e. The summed E-state index contributed by atoms with van der Waals surface area (Å²) in [5.74, 6) is 0.000702. The van der Waals surface area contributed by atoms with Crippen molar-refractivity contribution in [3.63, 3.8) is 0 Å². The minimum atomic E-state index is -0.900. The highest BCUT2D eigenvalue weighted by atomic mass is 16.5. The monoisotopic (exact) mass is 305 g/mol. The minimum absolute atomic E-state index is 0.0627. The second kappa shape index (κ2) is 7.29. The second-order valence-electron chi connectivity index (χ2n) is 5.91. The number of para-hydroxylation sites is 1. The lowest BCUT2D eigenvalue weighted by Crippen LogP contribution is -2.41. The number of ether oxygens (including phenoxy) is 1. The molecular weight excluding hydrogens is 282 g/mol. The van der Waals surface area contributed by atoms with Crippen LogP contribution in [0, 0.1) is 5.92 Å². The number of amides is 1. The molecule has 5 heteroatoms. The zero-order chi connectivity index (χ0) is 16.1. The van der Waals surface area contributed by atoms with E-state index in [1.165, 1.54) is 4.90 Å². The van der Waals surface area contributed by atoms with Crippen molar-refractivity contribution in [2.75, 3.05) is 13.7 Å². The largest absolute Gasteiger partial charge is 0.496 e. The van der Waals surface area contributed by atoms with E-state index in [0.29, 0.717) is 19.4 Å². The van der Waals surface area contributed by atoms with Gasteiger partial charge < -0.3 is 14.7 Å². The van der Waals surface area contributed by atoms with E-state index in [1.54, 1.807) is 7.11 Å². The first kappa shape index (κ1) is 16.3. The van der Waals surface area contributed by atoms with Gasteiger partial charge in [-0.1, -0.05) is 25.1 Å². The molecule has 5 nitrogen and oxygen atoms in total. The predicted octanol–water partition coefficient (Wildman–Crippen LogP) is 2.34. The molecule has 0 saturated carbocycles. The molecule has 0 aliphatic carbocycles. The summed E-state index contributed by atoms with van der Waals surface area (Å²) < 4.78 is 5.33. The summed E-state index contributed by atoms with van der Waals surface area (Å²) in [6.07, 6.45) is 2.43. The van der Waals surface area contributed by atoms with E-state index >= 15 is 0 Å². The van der Waals surface area contributed by atoms with Gasteiger partial charge in [0.15, 0.2) is 0 Å². The van der Waals surface area contributed by atoms with Crippen LogP contribution in [0.15, 0.2) is 24.3 Å². The predicted molar refractivity (Wildman–Crippen MR) is 82.8 cm³/mol. The summed E-state index contributed by atoms with van der Waals surface area (Å²) in [4.78, 5) is 25.0. The molecule has 1 amide bonds. The zero-order valence-corrected chi connectivity index (χ0v) is 13.1. The second-order valence-corrected chi connectivity index (χ2v) is 5.91. The van der Waals surface area contributed by atoms with Crippen molar-refractivity contribution >= 4 is 11.9 Å². The van der Waals surface area contributed by atoms with Crippen LogP contribution in [0.1, 0.15) is 31.7 Å². The van der Waals surface area contributed by atoms with Crippen LogP contribution in [0.25, 0.3) is 0 Å². The Morgan fingerprint density at radius 2 is 2.14 bits per heavy atom. The van der Waals surface area contributed by atoms with Crippen LogP contribution in [0.3, 0.4) is 0 Å². The Kier molecular flexibility index (Phi) is 5.41. The number of carbonyl (C=O) groups excluding carboxylic acids is 1. The van der Waals surface area contributed by atoms with Gasteiger partial charge in [-0.2, -0.15) is 0 Å². The van der Waals surface area contributed by atoms with Gasteiger partial charge >= 0.3 is 5.97 Å². The SMILES string of the molecule is COc1ccccc1C[C@@H](C)CC(=O)N1CCC[C@H]1C(=O)O.